The average molecular weight is 439 g/mol. The lowest BCUT2D eigenvalue weighted by atomic mass is 10.2. The molecule has 3 aromatic rings. The van der Waals surface area contributed by atoms with Crippen molar-refractivity contribution >= 4 is 33.3 Å². The molecule has 0 bridgehead atoms. The van der Waals surface area contributed by atoms with Gasteiger partial charge in [-0.15, -0.1) is 0 Å². The SMILES string of the molecule is CCOc1ccc(S(=O)(=O)NC(=O)c2ccc(NC(=O)Nc3ccccc3)cc2)cc1. The maximum atomic E-state index is 12.4. The van der Waals surface area contributed by atoms with E-state index in [4.69, 9.17) is 4.74 Å². The quantitative estimate of drug-likeness (QED) is 0.517. The van der Waals surface area contributed by atoms with E-state index in [1.807, 2.05) is 17.7 Å². The van der Waals surface area contributed by atoms with E-state index in [-0.39, 0.29) is 10.5 Å². The Morgan fingerprint density at radius 1 is 0.806 bits per heavy atom. The summed E-state index contributed by atoms with van der Waals surface area (Å²) >= 11 is 0. The minimum absolute atomic E-state index is 0.0554. The van der Waals surface area contributed by atoms with Crippen molar-refractivity contribution < 1.29 is 22.7 Å². The van der Waals surface area contributed by atoms with Gasteiger partial charge in [-0.05, 0) is 67.6 Å². The van der Waals surface area contributed by atoms with Gasteiger partial charge in [0.05, 0.1) is 11.5 Å². The smallest absolute Gasteiger partial charge is 0.323 e. The lowest BCUT2D eigenvalue weighted by Crippen LogP contribution is -2.30. The molecule has 3 amide bonds. The molecule has 0 aliphatic heterocycles. The number of hydrogen-bond acceptors (Lipinski definition) is 5. The van der Waals surface area contributed by atoms with Crippen molar-refractivity contribution in [1.82, 2.24) is 4.72 Å². The summed E-state index contributed by atoms with van der Waals surface area (Å²) in [5, 5.41) is 5.31. The Bertz CT molecular complexity index is 1150. The fourth-order valence-electron chi connectivity index (χ4n) is 2.64. The molecule has 3 N–H and O–H groups in total. The van der Waals surface area contributed by atoms with Gasteiger partial charge in [-0.3, -0.25) is 4.79 Å². The predicted molar refractivity (Wildman–Crippen MR) is 118 cm³/mol. The highest BCUT2D eigenvalue weighted by Gasteiger charge is 2.19. The summed E-state index contributed by atoms with van der Waals surface area (Å²) in [6, 6.07) is 20.1. The van der Waals surface area contributed by atoms with Gasteiger partial charge in [0.15, 0.2) is 0 Å². The van der Waals surface area contributed by atoms with Crippen LogP contribution in [0, 0.1) is 0 Å². The van der Waals surface area contributed by atoms with Crippen LogP contribution in [0.5, 0.6) is 5.75 Å². The van der Waals surface area contributed by atoms with E-state index in [2.05, 4.69) is 10.6 Å². The van der Waals surface area contributed by atoms with E-state index in [0.29, 0.717) is 23.7 Å². The first-order valence-corrected chi connectivity index (χ1v) is 10.9. The molecule has 31 heavy (non-hydrogen) atoms. The molecular weight excluding hydrogens is 418 g/mol. The van der Waals surface area contributed by atoms with Crippen LogP contribution in [0.25, 0.3) is 0 Å². The standard InChI is InChI=1S/C22H21N3O5S/c1-2-30-19-12-14-20(15-13-19)31(28,29)25-21(26)16-8-10-18(11-9-16)24-22(27)23-17-6-4-3-5-7-17/h3-15H,2H2,1H3,(H,25,26)(H2,23,24,27). The van der Waals surface area contributed by atoms with Gasteiger partial charge >= 0.3 is 6.03 Å². The van der Waals surface area contributed by atoms with Crippen molar-refractivity contribution in [2.24, 2.45) is 0 Å². The number of amides is 3. The van der Waals surface area contributed by atoms with E-state index in [1.54, 1.807) is 24.3 Å². The molecule has 0 radical (unpaired) electrons. The van der Waals surface area contributed by atoms with Crippen LogP contribution >= 0.6 is 0 Å². The largest absolute Gasteiger partial charge is 0.494 e. The van der Waals surface area contributed by atoms with Gasteiger partial charge in [0.1, 0.15) is 5.75 Å². The summed E-state index contributed by atoms with van der Waals surface area (Å²) in [5.74, 6) is -0.249. The second-order valence-corrected chi connectivity index (χ2v) is 8.04. The molecule has 0 spiro atoms. The van der Waals surface area contributed by atoms with E-state index in [9.17, 15) is 18.0 Å². The van der Waals surface area contributed by atoms with E-state index < -0.39 is 22.0 Å². The first-order valence-electron chi connectivity index (χ1n) is 9.40. The van der Waals surface area contributed by atoms with E-state index in [0.717, 1.165) is 0 Å². The third-order valence-electron chi connectivity index (χ3n) is 4.11. The molecule has 8 nitrogen and oxygen atoms in total. The van der Waals surface area contributed by atoms with Crippen LogP contribution in [0.2, 0.25) is 0 Å². The van der Waals surface area contributed by atoms with Crippen LogP contribution in [0.3, 0.4) is 0 Å². The highest BCUT2D eigenvalue weighted by molar-refractivity contribution is 7.90. The lowest BCUT2D eigenvalue weighted by molar-refractivity contribution is 0.0981. The highest BCUT2D eigenvalue weighted by atomic mass is 32.2. The molecular formula is C22H21N3O5S. The number of carbonyl (C=O) groups excluding carboxylic acids is 2. The van der Waals surface area contributed by atoms with E-state index >= 15 is 0 Å². The zero-order chi connectivity index (χ0) is 22.3. The lowest BCUT2D eigenvalue weighted by Gasteiger charge is -2.10. The number of carbonyl (C=O) groups is 2. The number of urea groups is 1. The summed E-state index contributed by atoms with van der Waals surface area (Å²) in [7, 11) is -4.04. The van der Waals surface area contributed by atoms with Crippen LogP contribution < -0.4 is 20.1 Å². The molecule has 0 aliphatic rings. The van der Waals surface area contributed by atoms with Crippen LogP contribution in [0.15, 0.2) is 83.8 Å². The van der Waals surface area contributed by atoms with Crippen LogP contribution in [0.1, 0.15) is 17.3 Å². The number of para-hydroxylation sites is 1. The molecule has 9 heteroatoms. The van der Waals surface area contributed by atoms with Crippen LogP contribution in [0.4, 0.5) is 16.2 Å². The maximum absolute atomic E-state index is 12.4. The molecule has 0 atom stereocenters. The Kier molecular flexibility index (Phi) is 6.88. The van der Waals surface area contributed by atoms with Gasteiger partial charge in [-0.1, -0.05) is 18.2 Å². The molecule has 160 valence electrons. The first-order chi connectivity index (χ1) is 14.9. The molecule has 0 fully saturated rings. The third kappa shape index (κ3) is 6.06. The zero-order valence-electron chi connectivity index (χ0n) is 16.7. The van der Waals surface area contributed by atoms with Crippen molar-refractivity contribution in [2.75, 3.05) is 17.2 Å². The number of benzene rings is 3. The fourth-order valence-corrected chi connectivity index (χ4v) is 3.62. The molecule has 3 aromatic carbocycles. The zero-order valence-corrected chi connectivity index (χ0v) is 17.5. The highest BCUT2D eigenvalue weighted by Crippen LogP contribution is 2.17. The number of anilines is 2. The van der Waals surface area contributed by atoms with Crippen molar-refractivity contribution in [1.29, 1.82) is 0 Å². The molecule has 0 saturated carbocycles. The number of sulfonamides is 1. The summed E-state index contributed by atoms with van der Waals surface area (Å²) in [6.45, 7) is 2.28. The Morgan fingerprint density at radius 2 is 1.39 bits per heavy atom. The Labute approximate surface area is 180 Å². The second-order valence-electron chi connectivity index (χ2n) is 6.36. The fraction of sp³-hybridized carbons (Fsp3) is 0.0909. The minimum Gasteiger partial charge on any atom is -0.494 e. The summed E-state index contributed by atoms with van der Waals surface area (Å²) in [4.78, 5) is 24.3. The molecule has 0 saturated heterocycles. The molecule has 0 aliphatic carbocycles. The Balaban J connectivity index is 1.61. The van der Waals surface area contributed by atoms with Gasteiger partial charge < -0.3 is 15.4 Å². The van der Waals surface area contributed by atoms with Gasteiger partial charge in [-0.2, -0.15) is 0 Å². The van der Waals surface area contributed by atoms with Gasteiger partial charge in [0, 0.05) is 16.9 Å². The molecule has 0 heterocycles. The van der Waals surface area contributed by atoms with E-state index in [1.165, 1.54) is 48.5 Å². The minimum atomic E-state index is -4.04. The second kappa shape index (κ2) is 9.77. The Morgan fingerprint density at radius 3 is 1.97 bits per heavy atom. The normalized spacial score (nSPS) is 10.7. The predicted octanol–water partition coefficient (Wildman–Crippen LogP) is 3.85. The van der Waals surface area contributed by atoms with Gasteiger partial charge in [0.25, 0.3) is 15.9 Å². The first kappa shape index (κ1) is 21.8. The Hall–Kier alpha value is -3.85. The molecule has 3 rings (SSSR count). The van der Waals surface area contributed by atoms with Crippen LogP contribution in [-0.4, -0.2) is 27.0 Å². The monoisotopic (exact) mass is 439 g/mol. The number of ether oxygens (including phenoxy) is 1. The van der Waals surface area contributed by atoms with Crippen LogP contribution in [-0.2, 0) is 10.0 Å². The van der Waals surface area contributed by atoms with Crippen molar-refractivity contribution in [3.63, 3.8) is 0 Å². The summed E-state index contributed by atoms with van der Waals surface area (Å²) in [6.07, 6.45) is 0. The number of nitrogens with one attached hydrogen (secondary N) is 3. The number of hydrogen-bond donors (Lipinski definition) is 3. The number of rotatable bonds is 7. The third-order valence-corrected chi connectivity index (χ3v) is 5.46. The maximum Gasteiger partial charge on any atom is 0.323 e. The van der Waals surface area contributed by atoms with Crippen molar-refractivity contribution in [3.8, 4) is 5.75 Å². The topological polar surface area (TPSA) is 114 Å². The van der Waals surface area contributed by atoms with Gasteiger partial charge in [0.2, 0.25) is 0 Å². The van der Waals surface area contributed by atoms with Crippen molar-refractivity contribution in [2.45, 2.75) is 11.8 Å². The summed E-state index contributed by atoms with van der Waals surface area (Å²) in [5.41, 5.74) is 1.21. The average Bonchev–Trinajstić information content (AvgIpc) is 2.75. The van der Waals surface area contributed by atoms with Crippen molar-refractivity contribution in [3.05, 3.63) is 84.4 Å². The van der Waals surface area contributed by atoms with Gasteiger partial charge in [-0.25, -0.2) is 17.9 Å². The molecule has 0 unspecified atom stereocenters. The molecule has 0 aromatic heterocycles. The summed E-state index contributed by atoms with van der Waals surface area (Å²) < 4.78 is 32.2.